The van der Waals surface area contributed by atoms with E-state index in [2.05, 4.69) is 48.2 Å². The minimum Gasteiger partial charge on any atom is -0.333 e. The van der Waals surface area contributed by atoms with Gasteiger partial charge in [0.25, 0.3) is 0 Å². The molecule has 0 aliphatic carbocycles. The fraction of sp³-hybridized carbons (Fsp3) is 0.300. The molecular formula is C20H23N3OS. The van der Waals surface area contributed by atoms with E-state index < -0.39 is 0 Å². The van der Waals surface area contributed by atoms with Gasteiger partial charge >= 0.3 is 0 Å². The first kappa shape index (κ1) is 17.5. The Morgan fingerprint density at radius 2 is 1.80 bits per heavy atom. The summed E-state index contributed by atoms with van der Waals surface area (Å²) in [6.07, 6.45) is 0. The normalized spacial score (nSPS) is 13.0. The molecule has 2 aromatic carbocycles. The topological polar surface area (TPSA) is 57.8 Å². The number of amides is 1. The number of benzene rings is 2. The largest absolute Gasteiger partial charge is 0.333 e. The Hall–Kier alpha value is -2.27. The van der Waals surface area contributed by atoms with Gasteiger partial charge in [0.15, 0.2) is 5.16 Å². The molecule has 0 aliphatic rings. The van der Waals surface area contributed by atoms with Gasteiger partial charge in [-0.3, -0.25) is 4.79 Å². The third-order valence-corrected chi connectivity index (χ3v) is 5.03. The number of hydrogen-bond acceptors (Lipinski definition) is 3. The number of anilines is 1. The average molecular weight is 353 g/mol. The van der Waals surface area contributed by atoms with E-state index in [1.54, 1.807) is 0 Å². The predicted octanol–water partition coefficient (Wildman–Crippen LogP) is 4.98. The second-order valence-electron chi connectivity index (χ2n) is 7.14. The van der Waals surface area contributed by atoms with Crippen LogP contribution in [0.5, 0.6) is 0 Å². The molecule has 0 spiro atoms. The first-order valence-corrected chi connectivity index (χ1v) is 9.24. The summed E-state index contributed by atoms with van der Waals surface area (Å²) < 4.78 is 0. The number of nitrogens with one attached hydrogen (secondary N) is 2. The number of carbonyl (C=O) groups is 1. The highest BCUT2D eigenvalue weighted by Gasteiger charge is 2.17. The van der Waals surface area contributed by atoms with Crippen molar-refractivity contribution >= 4 is 34.4 Å². The zero-order valence-electron chi connectivity index (χ0n) is 15.0. The SMILES string of the molecule is CC(Sc1nc2ccccc2[nH]1)C(=O)Nc1ccc(C(C)(C)C)cc1. The molecule has 4 nitrogen and oxygen atoms in total. The molecule has 130 valence electrons. The van der Waals surface area contributed by atoms with Gasteiger partial charge in [-0.25, -0.2) is 4.98 Å². The summed E-state index contributed by atoms with van der Waals surface area (Å²) in [7, 11) is 0. The van der Waals surface area contributed by atoms with Crippen molar-refractivity contribution in [3.8, 4) is 0 Å². The Bertz CT molecular complexity index is 845. The minimum atomic E-state index is -0.247. The maximum absolute atomic E-state index is 12.4. The van der Waals surface area contributed by atoms with Crippen LogP contribution in [-0.2, 0) is 10.2 Å². The lowest BCUT2D eigenvalue weighted by Crippen LogP contribution is -2.22. The van der Waals surface area contributed by atoms with Gasteiger partial charge in [0, 0.05) is 5.69 Å². The lowest BCUT2D eigenvalue weighted by Gasteiger charge is -2.19. The van der Waals surface area contributed by atoms with Gasteiger partial charge < -0.3 is 10.3 Å². The fourth-order valence-corrected chi connectivity index (χ4v) is 3.32. The van der Waals surface area contributed by atoms with Gasteiger partial charge in [0.2, 0.25) is 5.91 Å². The van der Waals surface area contributed by atoms with Crippen LogP contribution in [0.15, 0.2) is 53.7 Å². The van der Waals surface area contributed by atoms with Crippen LogP contribution in [-0.4, -0.2) is 21.1 Å². The summed E-state index contributed by atoms with van der Waals surface area (Å²) in [6.45, 7) is 8.41. The number of thioether (sulfide) groups is 1. The van der Waals surface area contributed by atoms with E-state index in [1.165, 1.54) is 17.3 Å². The number of imidazole rings is 1. The van der Waals surface area contributed by atoms with Crippen molar-refractivity contribution in [1.29, 1.82) is 0 Å². The molecule has 3 rings (SSSR count). The zero-order valence-corrected chi connectivity index (χ0v) is 15.8. The second kappa shape index (κ2) is 6.92. The average Bonchev–Trinajstić information content (AvgIpc) is 2.96. The van der Waals surface area contributed by atoms with Crippen molar-refractivity contribution in [2.45, 2.75) is 43.5 Å². The zero-order chi connectivity index (χ0) is 18.0. The maximum Gasteiger partial charge on any atom is 0.237 e. The first-order valence-electron chi connectivity index (χ1n) is 8.36. The molecule has 2 N–H and O–H groups in total. The van der Waals surface area contributed by atoms with Gasteiger partial charge in [-0.1, -0.05) is 56.8 Å². The van der Waals surface area contributed by atoms with Crippen LogP contribution in [0.1, 0.15) is 33.3 Å². The molecule has 1 aromatic heterocycles. The second-order valence-corrected chi connectivity index (χ2v) is 8.47. The van der Waals surface area contributed by atoms with E-state index in [0.29, 0.717) is 0 Å². The molecule has 1 heterocycles. The number of aromatic amines is 1. The van der Waals surface area contributed by atoms with Crippen molar-refractivity contribution in [3.63, 3.8) is 0 Å². The van der Waals surface area contributed by atoms with E-state index in [1.807, 2.05) is 43.3 Å². The van der Waals surface area contributed by atoms with Crippen LogP contribution in [0, 0.1) is 0 Å². The van der Waals surface area contributed by atoms with Crippen LogP contribution in [0.4, 0.5) is 5.69 Å². The van der Waals surface area contributed by atoms with Gasteiger partial charge in [-0.15, -0.1) is 0 Å². The predicted molar refractivity (Wildman–Crippen MR) is 105 cm³/mol. The Labute approximate surface area is 152 Å². The Morgan fingerprint density at radius 3 is 2.44 bits per heavy atom. The number of nitrogens with zero attached hydrogens (tertiary/aromatic N) is 1. The highest BCUT2D eigenvalue weighted by Crippen LogP contribution is 2.26. The monoisotopic (exact) mass is 353 g/mol. The van der Waals surface area contributed by atoms with E-state index in [9.17, 15) is 4.79 Å². The molecular weight excluding hydrogens is 330 g/mol. The minimum absolute atomic E-state index is 0.0334. The smallest absolute Gasteiger partial charge is 0.237 e. The third kappa shape index (κ3) is 4.23. The molecule has 1 unspecified atom stereocenters. The van der Waals surface area contributed by atoms with Gasteiger partial charge in [-0.2, -0.15) is 0 Å². The van der Waals surface area contributed by atoms with Crippen molar-refractivity contribution in [2.24, 2.45) is 0 Å². The standard InChI is InChI=1S/C20H23N3OS/c1-13(25-19-22-16-7-5-6-8-17(16)23-19)18(24)21-15-11-9-14(10-12-15)20(2,3)4/h5-13H,1-4H3,(H,21,24)(H,22,23). The van der Waals surface area contributed by atoms with Crippen molar-refractivity contribution in [3.05, 3.63) is 54.1 Å². The third-order valence-electron chi connectivity index (χ3n) is 4.04. The molecule has 5 heteroatoms. The fourth-order valence-electron chi connectivity index (χ4n) is 2.50. The molecule has 0 saturated carbocycles. The number of para-hydroxylation sites is 2. The van der Waals surface area contributed by atoms with Crippen LogP contribution < -0.4 is 5.32 Å². The maximum atomic E-state index is 12.4. The Kier molecular flexibility index (Phi) is 4.86. The summed E-state index contributed by atoms with van der Waals surface area (Å²) in [6, 6.07) is 15.9. The van der Waals surface area contributed by atoms with Crippen LogP contribution in [0.2, 0.25) is 0 Å². The summed E-state index contributed by atoms with van der Waals surface area (Å²) in [5.41, 5.74) is 4.06. The molecule has 3 aromatic rings. The molecule has 1 atom stereocenters. The van der Waals surface area contributed by atoms with Gasteiger partial charge in [0.05, 0.1) is 16.3 Å². The molecule has 25 heavy (non-hydrogen) atoms. The molecule has 1 amide bonds. The summed E-state index contributed by atoms with van der Waals surface area (Å²) >= 11 is 1.43. The number of hydrogen-bond donors (Lipinski definition) is 2. The Balaban J connectivity index is 1.64. The first-order chi connectivity index (χ1) is 11.8. The van der Waals surface area contributed by atoms with Crippen LogP contribution in [0.3, 0.4) is 0 Å². The number of fused-ring (bicyclic) bond motifs is 1. The quantitative estimate of drug-likeness (QED) is 0.650. The molecule has 0 bridgehead atoms. The highest BCUT2D eigenvalue weighted by atomic mass is 32.2. The highest BCUT2D eigenvalue weighted by molar-refractivity contribution is 8.00. The number of aromatic nitrogens is 2. The molecule has 0 fully saturated rings. The molecule has 0 aliphatic heterocycles. The molecule has 0 radical (unpaired) electrons. The summed E-state index contributed by atoms with van der Waals surface area (Å²) in [5.74, 6) is -0.0334. The van der Waals surface area contributed by atoms with E-state index in [0.717, 1.165) is 21.9 Å². The van der Waals surface area contributed by atoms with E-state index in [4.69, 9.17) is 0 Å². The molecule has 0 saturated heterocycles. The number of H-pyrrole nitrogens is 1. The van der Waals surface area contributed by atoms with E-state index in [-0.39, 0.29) is 16.6 Å². The van der Waals surface area contributed by atoms with Crippen LogP contribution >= 0.6 is 11.8 Å². The summed E-state index contributed by atoms with van der Waals surface area (Å²) in [5, 5.41) is 3.48. The Morgan fingerprint density at radius 1 is 1.12 bits per heavy atom. The van der Waals surface area contributed by atoms with Crippen molar-refractivity contribution in [1.82, 2.24) is 9.97 Å². The van der Waals surface area contributed by atoms with Crippen molar-refractivity contribution < 1.29 is 4.79 Å². The van der Waals surface area contributed by atoms with Crippen molar-refractivity contribution in [2.75, 3.05) is 5.32 Å². The number of carbonyl (C=O) groups excluding carboxylic acids is 1. The van der Waals surface area contributed by atoms with E-state index >= 15 is 0 Å². The number of rotatable bonds is 4. The van der Waals surface area contributed by atoms with Crippen LogP contribution in [0.25, 0.3) is 11.0 Å². The lowest BCUT2D eigenvalue weighted by molar-refractivity contribution is -0.115. The van der Waals surface area contributed by atoms with Gasteiger partial charge in [-0.05, 0) is 42.2 Å². The lowest BCUT2D eigenvalue weighted by atomic mass is 9.87. The van der Waals surface area contributed by atoms with Gasteiger partial charge in [0.1, 0.15) is 0 Å². The summed E-state index contributed by atoms with van der Waals surface area (Å²) in [4.78, 5) is 20.2.